The zero-order valence-corrected chi connectivity index (χ0v) is 10.8. The number of nitrogen functional groups attached to an aromatic ring is 1. The Kier molecular flexibility index (Phi) is 2.54. The van der Waals surface area contributed by atoms with Crippen molar-refractivity contribution in [1.29, 1.82) is 0 Å². The third-order valence-corrected chi connectivity index (χ3v) is 3.60. The van der Waals surface area contributed by atoms with Crippen molar-refractivity contribution in [2.45, 2.75) is 33.1 Å². The van der Waals surface area contributed by atoms with Crippen molar-refractivity contribution in [1.82, 2.24) is 9.97 Å². The lowest BCUT2D eigenvalue weighted by atomic mass is 10.0. The highest BCUT2D eigenvalue weighted by atomic mass is 15.0. The largest absolute Gasteiger partial charge is 0.383 e. The number of aryl methyl sites for hydroxylation is 3. The van der Waals surface area contributed by atoms with Gasteiger partial charge in [-0.1, -0.05) is 17.7 Å². The molecule has 0 unspecified atom stereocenters. The lowest BCUT2D eigenvalue weighted by Crippen LogP contribution is -2.03. The van der Waals surface area contributed by atoms with E-state index in [2.05, 4.69) is 37.0 Å². The third-order valence-electron chi connectivity index (χ3n) is 3.60. The normalized spacial score (nSPS) is 13.7. The average Bonchev–Trinajstić information content (AvgIpc) is 2.81. The third kappa shape index (κ3) is 1.76. The second kappa shape index (κ2) is 4.09. The first-order chi connectivity index (χ1) is 8.65. The van der Waals surface area contributed by atoms with E-state index in [1.54, 1.807) is 0 Å². The van der Waals surface area contributed by atoms with Crippen molar-refractivity contribution in [3.63, 3.8) is 0 Å². The van der Waals surface area contributed by atoms with Gasteiger partial charge < -0.3 is 5.73 Å². The molecule has 0 aliphatic heterocycles. The summed E-state index contributed by atoms with van der Waals surface area (Å²) in [7, 11) is 0. The van der Waals surface area contributed by atoms with Gasteiger partial charge in [0.05, 0.1) is 0 Å². The predicted octanol–water partition coefficient (Wildman–Crippen LogP) is 2.83. The molecule has 0 saturated heterocycles. The molecule has 3 nitrogen and oxygen atoms in total. The van der Waals surface area contributed by atoms with Crippen LogP contribution in [0, 0.1) is 13.8 Å². The molecule has 0 bridgehead atoms. The SMILES string of the molecule is Cc1ccc(C)c(-c2nc(N)c3c(n2)CCC3)c1. The summed E-state index contributed by atoms with van der Waals surface area (Å²) in [5, 5.41) is 0. The van der Waals surface area contributed by atoms with Crippen LogP contribution in [0.1, 0.15) is 28.8 Å². The summed E-state index contributed by atoms with van der Waals surface area (Å²) in [6, 6.07) is 6.35. The van der Waals surface area contributed by atoms with Crippen molar-refractivity contribution >= 4 is 5.82 Å². The lowest BCUT2D eigenvalue weighted by molar-refractivity contribution is 0.900. The summed E-state index contributed by atoms with van der Waals surface area (Å²) in [5.74, 6) is 1.43. The maximum atomic E-state index is 6.05. The van der Waals surface area contributed by atoms with Gasteiger partial charge in [0, 0.05) is 16.8 Å². The molecule has 0 spiro atoms. The maximum Gasteiger partial charge on any atom is 0.162 e. The van der Waals surface area contributed by atoms with Crippen LogP contribution >= 0.6 is 0 Å². The van der Waals surface area contributed by atoms with Crippen LogP contribution in [-0.4, -0.2) is 9.97 Å². The Balaban J connectivity index is 2.18. The van der Waals surface area contributed by atoms with E-state index in [0.29, 0.717) is 5.82 Å². The van der Waals surface area contributed by atoms with Gasteiger partial charge in [0.15, 0.2) is 5.82 Å². The molecule has 1 aromatic heterocycles. The quantitative estimate of drug-likeness (QED) is 0.832. The molecule has 3 rings (SSSR count). The van der Waals surface area contributed by atoms with Crippen molar-refractivity contribution in [2.75, 3.05) is 5.73 Å². The molecule has 0 radical (unpaired) electrons. The Morgan fingerprint density at radius 1 is 1.11 bits per heavy atom. The van der Waals surface area contributed by atoms with E-state index in [0.717, 1.165) is 41.9 Å². The van der Waals surface area contributed by atoms with Crippen LogP contribution in [0.4, 0.5) is 5.82 Å². The molecule has 1 heterocycles. The van der Waals surface area contributed by atoms with Gasteiger partial charge in [0.2, 0.25) is 0 Å². The molecule has 1 aliphatic rings. The van der Waals surface area contributed by atoms with E-state index in [1.165, 1.54) is 11.1 Å². The van der Waals surface area contributed by atoms with Crippen LogP contribution in [0.25, 0.3) is 11.4 Å². The van der Waals surface area contributed by atoms with Crippen LogP contribution in [0.3, 0.4) is 0 Å². The Hall–Kier alpha value is -1.90. The van der Waals surface area contributed by atoms with E-state index in [-0.39, 0.29) is 0 Å². The Labute approximate surface area is 107 Å². The number of hydrogen-bond donors (Lipinski definition) is 1. The molecule has 0 saturated carbocycles. The number of nitrogens with two attached hydrogens (primary N) is 1. The molecule has 0 atom stereocenters. The van der Waals surface area contributed by atoms with E-state index in [1.807, 2.05) is 0 Å². The van der Waals surface area contributed by atoms with Crippen molar-refractivity contribution in [3.05, 3.63) is 40.6 Å². The minimum absolute atomic E-state index is 0.661. The smallest absolute Gasteiger partial charge is 0.162 e. The number of aromatic nitrogens is 2. The monoisotopic (exact) mass is 239 g/mol. The van der Waals surface area contributed by atoms with E-state index < -0.39 is 0 Å². The van der Waals surface area contributed by atoms with Gasteiger partial charge in [0.25, 0.3) is 0 Å². The standard InChI is InChI=1S/C15H17N3/c1-9-6-7-10(2)12(8-9)15-17-13-5-3-4-11(13)14(16)18-15/h6-8H,3-5H2,1-2H3,(H2,16,17,18). The number of rotatable bonds is 1. The van der Waals surface area contributed by atoms with Crippen molar-refractivity contribution in [2.24, 2.45) is 0 Å². The summed E-state index contributed by atoms with van der Waals surface area (Å²) < 4.78 is 0. The van der Waals surface area contributed by atoms with E-state index >= 15 is 0 Å². The first-order valence-electron chi connectivity index (χ1n) is 6.38. The van der Waals surface area contributed by atoms with Crippen LogP contribution in [0.15, 0.2) is 18.2 Å². The molecule has 18 heavy (non-hydrogen) atoms. The molecule has 0 fully saturated rings. The second-order valence-corrected chi connectivity index (χ2v) is 5.03. The number of hydrogen-bond acceptors (Lipinski definition) is 3. The summed E-state index contributed by atoms with van der Waals surface area (Å²) in [4.78, 5) is 9.18. The maximum absolute atomic E-state index is 6.05. The minimum atomic E-state index is 0.661. The summed E-state index contributed by atoms with van der Waals surface area (Å²) in [5.41, 5.74) is 11.8. The fraction of sp³-hybridized carbons (Fsp3) is 0.333. The fourth-order valence-electron chi connectivity index (χ4n) is 2.56. The first kappa shape index (κ1) is 11.2. The molecule has 3 heteroatoms. The lowest BCUT2D eigenvalue weighted by Gasteiger charge is -2.09. The predicted molar refractivity (Wildman–Crippen MR) is 73.4 cm³/mol. The molecule has 1 aromatic carbocycles. The van der Waals surface area contributed by atoms with Gasteiger partial charge in [-0.3, -0.25) is 0 Å². The van der Waals surface area contributed by atoms with Crippen LogP contribution < -0.4 is 5.73 Å². The second-order valence-electron chi connectivity index (χ2n) is 5.03. The molecule has 2 N–H and O–H groups in total. The van der Waals surface area contributed by atoms with Gasteiger partial charge in [0.1, 0.15) is 5.82 Å². The van der Waals surface area contributed by atoms with Gasteiger partial charge in [-0.25, -0.2) is 9.97 Å². The van der Waals surface area contributed by atoms with Crippen molar-refractivity contribution < 1.29 is 0 Å². The van der Waals surface area contributed by atoms with Gasteiger partial charge in [-0.2, -0.15) is 0 Å². The zero-order valence-electron chi connectivity index (χ0n) is 10.8. The number of benzene rings is 1. The Morgan fingerprint density at radius 3 is 2.78 bits per heavy atom. The fourth-order valence-corrected chi connectivity index (χ4v) is 2.56. The zero-order chi connectivity index (χ0) is 12.7. The molecule has 2 aromatic rings. The number of fused-ring (bicyclic) bond motifs is 1. The first-order valence-corrected chi connectivity index (χ1v) is 6.38. The van der Waals surface area contributed by atoms with Gasteiger partial charge in [-0.15, -0.1) is 0 Å². The molecule has 92 valence electrons. The topological polar surface area (TPSA) is 51.8 Å². The molecule has 1 aliphatic carbocycles. The Bertz CT molecular complexity index is 617. The number of nitrogens with zero attached hydrogens (tertiary/aromatic N) is 2. The summed E-state index contributed by atoms with van der Waals surface area (Å²) in [6.07, 6.45) is 3.19. The van der Waals surface area contributed by atoms with E-state index in [9.17, 15) is 0 Å². The van der Waals surface area contributed by atoms with Gasteiger partial charge in [-0.05, 0) is 44.7 Å². The molecular formula is C15H17N3. The van der Waals surface area contributed by atoms with Gasteiger partial charge >= 0.3 is 0 Å². The highest BCUT2D eigenvalue weighted by Gasteiger charge is 2.18. The highest BCUT2D eigenvalue weighted by Crippen LogP contribution is 2.29. The van der Waals surface area contributed by atoms with Crippen LogP contribution in [0.2, 0.25) is 0 Å². The molecular weight excluding hydrogens is 222 g/mol. The number of anilines is 1. The average molecular weight is 239 g/mol. The van der Waals surface area contributed by atoms with Crippen LogP contribution in [0.5, 0.6) is 0 Å². The highest BCUT2D eigenvalue weighted by molar-refractivity contribution is 5.64. The summed E-state index contributed by atoms with van der Waals surface area (Å²) >= 11 is 0. The molecule has 0 amide bonds. The van der Waals surface area contributed by atoms with E-state index in [4.69, 9.17) is 10.7 Å². The van der Waals surface area contributed by atoms with Crippen LogP contribution in [-0.2, 0) is 12.8 Å². The Morgan fingerprint density at radius 2 is 1.94 bits per heavy atom. The van der Waals surface area contributed by atoms with Crippen molar-refractivity contribution in [3.8, 4) is 11.4 Å². The minimum Gasteiger partial charge on any atom is -0.383 e. The summed E-state index contributed by atoms with van der Waals surface area (Å²) in [6.45, 7) is 4.17.